The Labute approximate surface area is 70.3 Å². The SMILES string of the molecule is O=C(O)CC[C@@H](O)C[C@H](O)CO. The smallest absolute Gasteiger partial charge is 0.303 e. The second-order valence-corrected chi connectivity index (χ2v) is 2.66. The highest BCUT2D eigenvalue weighted by Gasteiger charge is 2.11. The van der Waals surface area contributed by atoms with Gasteiger partial charge in [-0.15, -0.1) is 0 Å². The minimum atomic E-state index is -0.979. The Balaban J connectivity index is 3.45. The maximum absolute atomic E-state index is 10.0. The van der Waals surface area contributed by atoms with Crippen LogP contribution in [0.2, 0.25) is 0 Å². The van der Waals surface area contributed by atoms with Crippen molar-refractivity contribution in [1.29, 1.82) is 0 Å². The molecule has 0 bridgehead atoms. The van der Waals surface area contributed by atoms with E-state index in [4.69, 9.17) is 20.4 Å². The fourth-order valence-electron chi connectivity index (χ4n) is 0.797. The Hall–Kier alpha value is -0.650. The standard InChI is InChI=1S/C7H14O5/c8-4-6(10)3-5(9)1-2-7(11)12/h5-6,8-10H,1-4H2,(H,11,12)/t5-,6+/m1/s1. The normalized spacial score (nSPS) is 15.6. The molecule has 0 amide bonds. The van der Waals surface area contributed by atoms with Crippen molar-refractivity contribution >= 4 is 5.97 Å². The van der Waals surface area contributed by atoms with Gasteiger partial charge >= 0.3 is 5.97 Å². The van der Waals surface area contributed by atoms with Gasteiger partial charge in [0.1, 0.15) is 0 Å². The van der Waals surface area contributed by atoms with E-state index in [1.165, 1.54) is 0 Å². The average molecular weight is 178 g/mol. The van der Waals surface area contributed by atoms with E-state index >= 15 is 0 Å². The molecule has 5 nitrogen and oxygen atoms in total. The van der Waals surface area contributed by atoms with Gasteiger partial charge in [-0.1, -0.05) is 0 Å². The number of hydrogen-bond donors (Lipinski definition) is 4. The van der Waals surface area contributed by atoms with Gasteiger partial charge in [-0.3, -0.25) is 4.79 Å². The van der Waals surface area contributed by atoms with E-state index in [9.17, 15) is 4.79 Å². The first-order valence-electron chi connectivity index (χ1n) is 3.75. The predicted octanol–water partition coefficient (Wildman–Crippen LogP) is -1.04. The number of aliphatic hydroxyl groups is 3. The highest BCUT2D eigenvalue weighted by Crippen LogP contribution is 2.04. The van der Waals surface area contributed by atoms with Crippen LogP contribution in [-0.2, 0) is 4.79 Å². The maximum Gasteiger partial charge on any atom is 0.303 e. The van der Waals surface area contributed by atoms with E-state index in [1.54, 1.807) is 0 Å². The first-order chi connectivity index (χ1) is 5.56. The van der Waals surface area contributed by atoms with Crippen molar-refractivity contribution in [1.82, 2.24) is 0 Å². The van der Waals surface area contributed by atoms with Crippen LogP contribution < -0.4 is 0 Å². The Morgan fingerprint density at radius 3 is 2.25 bits per heavy atom. The lowest BCUT2D eigenvalue weighted by molar-refractivity contribution is -0.137. The van der Waals surface area contributed by atoms with E-state index in [2.05, 4.69) is 0 Å². The number of aliphatic carboxylic acids is 1. The lowest BCUT2D eigenvalue weighted by Gasteiger charge is -2.12. The number of rotatable bonds is 6. The van der Waals surface area contributed by atoms with Gasteiger partial charge in [0.2, 0.25) is 0 Å². The fraction of sp³-hybridized carbons (Fsp3) is 0.857. The molecular weight excluding hydrogens is 164 g/mol. The Morgan fingerprint density at radius 2 is 1.83 bits per heavy atom. The summed E-state index contributed by atoms with van der Waals surface area (Å²) in [6, 6.07) is 0. The van der Waals surface area contributed by atoms with Crippen LogP contribution in [0.15, 0.2) is 0 Å². The van der Waals surface area contributed by atoms with Crippen LogP contribution in [0.4, 0.5) is 0 Å². The highest BCUT2D eigenvalue weighted by atomic mass is 16.4. The summed E-state index contributed by atoms with van der Waals surface area (Å²) in [6.45, 7) is -0.413. The monoisotopic (exact) mass is 178 g/mol. The third kappa shape index (κ3) is 6.09. The summed E-state index contributed by atoms with van der Waals surface area (Å²) in [6.07, 6.45) is -1.83. The summed E-state index contributed by atoms with van der Waals surface area (Å²) in [4.78, 5) is 10.0. The molecule has 0 aromatic carbocycles. The fourth-order valence-corrected chi connectivity index (χ4v) is 0.797. The number of carboxylic acid groups (broad SMARTS) is 1. The molecule has 0 unspecified atom stereocenters. The molecule has 12 heavy (non-hydrogen) atoms. The molecule has 2 atom stereocenters. The minimum Gasteiger partial charge on any atom is -0.481 e. The molecule has 0 saturated heterocycles. The minimum absolute atomic E-state index is 0.0176. The third-order valence-electron chi connectivity index (χ3n) is 1.45. The molecule has 0 aromatic rings. The molecule has 0 heterocycles. The van der Waals surface area contributed by atoms with Crippen molar-refractivity contribution in [3.05, 3.63) is 0 Å². The van der Waals surface area contributed by atoms with Crippen molar-refractivity contribution in [2.24, 2.45) is 0 Å². The van der Waals surface area contributed by atoms with Gasteiger partial charge in [0.05, 0.1) is 18.8 Å². The Kier molecular flexibility index (Phi) is 5.61. The van der Waals surface area contributed by atoms with Gasteiger partial charge in [-0.05, 0) is 6.42 Å². The summed E-state index contributed by atoms with van der Waals surface area (Å²) < 4.78 is 0. The van der Waals surface area contributed by atoms with Crippen LogP contribution in [0.5, 0.6) is 0 Å². The van der Waals surface area contributed by atoms with Gasteiger partial charge in [0.25, 0.3) is 0 Å². The molecule has 0 aliphatic carbocycles. The van der Waals surface area contributed by atoms with Crippen molar-refractivity contribution < 1.29 is 25.2 Å². The average Bonchev–Trinajstić information content (AvgIpc) is 2.00. The predicted molar refractivity (Wildman–Crippen MR) is 40.6 cm³/mol. The van der Waals surface area contributed by atoms with Crippen LogP contribution in [0.1, 0.15) is 19.3 Å². The van der Waals surface area contributed by atoms with E-state index < -0.39 is 24.8 Å². The van der Waals surface area contributed by atoms with Gasteiger partial charge in [0.15, 0.2) is 0 Å². The summed E-state index contributed by atoms with van der Waals surface area (Å²) in [5.74, 6) is -0.979. The van der Waals surface area contributed by atoms with E-state index in [0.717, 1.165) is 0 Å². The number of carboxylic acids is 1. The van der Waals surface area contributed by atoms with Crippen LogP contribution in [-0.4, -0.2) is 45.2 Å². The lowest BCUT2D eigenvalue weighted by Crippen LogP contribution is -2.21. The molecule has 0 fully saturated rings. The van der Waals surface area contributed by atoms with Crippen molar-refractivity contribution in [3.63, 3.8) is 0 Å². The van der Waals surface area contributed by atoms with Crippen LogP contribution in [0.3, 0.4) is 0 Å². The second-order valence-electron chi connectivity index (χ2n) is 2.66. The van der Waals surface area contributed by atoms with Crippen LogP contribution >= 0.6 is 0 Å². The topological polar surface area (TPSA) is 98.0 Å². The summed E-state index contributed by atoms with van der Waals surface area (Å²) in [7, 11) is 0. The molecule has 0 aromatic heterocycles. The van der Waals surface area contributed by atoms with Gasteiger partial charge in [-0.25, -0.2) is 0 Å². The summed E-state index contributed by atoms with van der Waals surface area (Å²) in [5, 5.41) is 34.5. The van der Waals surface area contributed by atoms with Crippen molar-refractivity contribution in [2.75, 3.05) is 6.61 Å². The quantitative estimate of drug-likeness (QED) is 0.416. The van der Waals surface area contributed by atoms with Gasteiger partial charge in [0, 0.05) is 12.8 Å². The third-order valence-corrected chi connectivity index (χ3v) is 1.45. The van der Waals surface area contributed by atoms with Crippen molar-refractivity contribution in [3.8, 4) is 0 Å². The zero-order chi connectivity index (χ0) is 9.56. The summed E-state index contributed by atoms with van der Waals surface area (Å²) in [5.41, 5.74) is 0. The molecule has 72 valence electrons. The molecule has 4 N–H and O–H groups in total. The lowest BCUT2D eigenvalue weighted by atomic mass is 10.1. The maximum atomic E-state index is 10.0. The van der Waals surface area contributed by atoms with E-state index in [1.807, 2.05) is 0 Å². The zero-order valence-corrected chi connectivity index (χ0v) is 6.68. The number of aliphatic hydroxyl groups excluding tert-OH is 3. The van der Waals surface area contributed by atoms with Gasteiger partial charge in [-0.2, -0.15) is 0 Å². The van der Waals surface area contributed by atoms with Gasteiger partial charge < -0.3 is 20.4 Å². The molecule has 0 aliphatic heterocycles. The summed E-state index contributed by atoms with van der Waals surface area (Å²) >= 11 is 0. The molecule has 0 radical (unpaired) electrons. The molecule has 0 aliphatic rings. The Bertz CT molecular complexity index is 136. The zero-order valence-electron chi connectivity index (χ0n) is 6.68. The highest BCUT2D eigenvalue weighted by molar-refractivity contribution is 5.66. The van der Waals surface area contributed by atoms with Crippen LogP contribution in [0.25, 0.3) is 0 Å². The Morgan fingerprint density at radius 1 is 1.25 bits per heavy atom. The van der Waals surface area contributed by atoms with E-state index in [-0.39, 0.29) is 19.3 Å². The molecule has 0 saturated carbocycles. The first kappa shape index (κ1) is 11.4. The number of carbonyl (C=O) groups is 1. The second kappa shape index (κ2) is 5.93. The van der Waals surface area contributed by atoms with E-state index in [0.29, 0.717) is 0 Å². The van der Waals surface area contributed by atoms with Crippen molar-refractivity contribution in [2.45, 2.75) is 31.5 Å². The molecule has 0 rings (SSSR count). The molecule has 0 spiro atoms. The molecule has 5 heteroatoms. The van der Waals surface area contributed by atoms with Crippen LogP contribution in [0, 0.1) is 0 Å². The largest absolute Gasteiger partial charge is 0.481 e. The molecular formula is C7H14O5. The first-order valence-corrected chi connectivity index (χ1v) is 3.75. The number of hydrogen-bond acceptors (Lipinski definition) is 4.